The minimum Gasteiger partial charge on any atom is -0.465 e. The topological polar surface area (TPSA) is 64.3 Å². The van der Waals surface area contributed by atoms with Crippen LogP contribution in [-0.2, 0) is 4.74 Å². The average molecular weight is 236 g/mol. The van der Waals surface area contributed by atoms with Crippen LogP contribution in [0.4, 0.5) is 11.4 Å². The molecule has 0 aliphatic rings. The first-order valence-corrected chi connectivity index (χ1v) is 5.80. The summed E-state index contributed by atoms with van der Waals surface area (Å²) >= 11 is 0. The summed E-state index contributed by atoms with van der Waals surface area (Å²) in [6.45, 7) is 5.19. The van der Waals surface area contributed by atoms with Crippen molar-refractivity contribution in [1.29, 1.82) is 0 Å². The van der Waals surface area contributed by atoms with Gasteiger partial charge in [-0.1, -0.05) is 20.3 Å². The maximum absolute atomic E-state index is 11.3. The minimum absolute atomic E-state index is 0.370. The highest BCUT2D eigenvalue weighted by atomic mass is 16.5. The summed E-state index contributed by atoms with van der Waals surface area (Å²) in [6.07, 6.45) is 1.12. The molecule has 0 amide bonds. The summed E-state index contributed by atoms with van der Waals surface area (Å²) in [5.74, 6) is 0.222. The van der Waals surface area contributed by atoms with Gasteiger partial charge < -0.3 is 15.8 Å². The lowest BCUT2D eigenvalue weighted by Crippen LogP contribution is -2.12. The zero-order valence-electron chi connectivity index (χ0n) is 10.6. The van der Waals surface area contributed by atoms with E-state index in [0.717, 1.165) is 18.7 Å². The predicted molar refractivity (Wildman–Crippen MR) is 70.1 cm³/mol. The Balaban J connectivity index is 2.73. The van der Waals surface area contributed by atoms with Gasteiger partial charge in [-0.05, 0) is 24.1 Å². The van der Waals surface area contributed by atoms with Gasteiger partial charge in [-0.25, -0.2) is 4.79 Å². The maximum atomic E-state index is 11.3. The lowest BCUT2D eigenvalue weighted by Gasteiger charge is -2.13. The van der Waals surface area contributed by atoms with Gasteiger partial charge in [0.2, 0.25) is 0 Å². The number of anilines is 2. The van der Waals surface area contributed by atoms with Gasteiger partial charge in [-0.2, -0.15) is 0 Å². The third kappa shape index (κ3) is 3.66. The van der Waals surface area contributed by atoms with E-state index in [1.54, 1.807) is 12.1 Å². The van der Waals surface area contributed by atoms with Crippen molar-refractivity contribution in [3.63, 3.8) is 0 Å². The molecular weight excluding hydrogens is 216 g/mol. The number of hydrogen-bond donors (Lipinski definition) is 2. The highest BCUT2D eigenvalue weighted by molar-refractivity contribution is 5.91. The van der Waals surface area contributed by atoms with Crippen molar-refractivity contribution in [3.05, 3.63) is 23.8 Å². The molecule has 0 heterocycles. The molecule has 1 rings (SSSR count). The number of ether oxygens (including phenoxy) is 1. The number of rotatable bonds is 5. The highest BCUT2D eigenvalue weighted by Crippen LogP contribution is 2.20. The quantitative estimate of drug-likeness (QED) is 0.609. The van der Waals surface area contributed by atoms with Gasteiger partial charge in [0.25, 0.3) is 0 Å². The van der Waals surface area contributed by atoms with Crippen LogP contribution in [0.3, 0.4) is 0 Å². The number of nitrogen functional groups attached to an aromatic ring is 1. The molecule has 1 unspecified atom stereocenters. The number of esters is 1. The third-order valence-electron chi connectivity index (χ3n) is 2.81. The zero-order chi connectivity index (χ0) is 12.8. The fourth-order valence-electron chi connectivity index (χ4n) is 1.40. The first kappa shape index (κ1) is 13.4. The Kier molecular flexibility index (Phi) is 4.82. The summed E-state index contributed by atoms with van der Waals surface area (Å²) in [6, 6.07) is 5.15. The molecular formula is C13H20N2O2. The van der Waals surface area contributed by atoms with E-state index < -0.39 is 0 Å². The summed E-state index contributed by atoms with van der Waals surface area (Å²) in [5.41, 5.74) is 7.77. The molecule has 0 fully saturated rings. The van der Waals surface area contributed by atoms with E-state index in [2.05, 4.69) is 23.9 Å². The Morgan fingerprint density at radius 2 is 2.24 bits per heavy atom. The number of nitrogens with two attached hydrogens (primary N) is 1. The van der Waals surface area contributed by atoms with Crippen LogP contribution in [0, 0.1) is 5.92 Å². The van der Waals surface area contributed by atoms with Gasteiger partial charge in [-0.3, -0.25) is 0 Å². The first-order valence-electron chi connectivity index (χ1n) is 5.80. The lowest BCUT2D eigenvalue weighted by atomic mass is 10.1. The van der Waals surface area contributed by atoms with Crippen molar-refractivity contribution in [3.8, 4) is 0 Å². The van der Waals surface area contributed by atoms with Crippen molar-refractivity contribution >= 4 is 17.3 Å². The average Bonchev–Trinajstić information content (AvgIpc) is 2.35. The third-order valence-corrected chi connectivity index (χ3v) is 2.81. The van der Waals surface area contributed by atoms with Crippen molar-refractivity contribution in [2.45, 2.75) is 20.3 Å². The Hall–Kier alpha value is -1.71. The molecule has 4 nitrogen and oxygen atoms in total. The van der Waals surface area contributed by atoms with E-state index in [4.69, 9.17) is 5.73 Å². The molecule has 1 atom stereocenters. The van der Waals surface area contributed by atoms with Gasteiger partial charge >= 0.3 is 5.97 Å². The molecule has 0 spiro atoms. The molecule has 0 aliphatic carbocycles. The largest absolute Gasteiger partial charge is 0.465 e. The molecule has 17 heavy (non-hydrogen) atoms. The summed E-state index contributed by atoms with van der Waals surface area (Å²) in [4.78, 5) is 11.3. The Morgan fingerprint density at radius 3 is 2.76 bits per heavy atom. The molecule has 3 N–H and O–H groups in total. The van der Waals surface area contributed by atoms with Gasteiger partial charge in [0.15, 0.2) is 0 Å². The van der Waals surface area contributed by atoms with Crippen molar-refractivity contribution in [1.82, 2.24) is 0 Å². The fraction of sp³-hybridized carbons (Fsp3) is 0.462. The SMILES string of the molecule is CCC(C)CNc1ccc(C(=O)OC)cc1N. The van der Waals surface area contributed by atoms with Crippen LogP contribution in [0.2, 0.25) is 0 Å². The van der Waals surface area contributed by atoms with E-state index in [1.165, 1.54) is 7.11 Å². The van der Waals surface area contributed by atoms with Crippen molar-refractivity contribution < 1.29 is 9.53 Å². The van der Waals surface area contributed by atoms with Crippen LogP contribution in [0.25, 0.3) is 0 Å². The molecule has 1 aromatic carbocycles. The highest BCUT2D eigenvalue weighted by Gasteiger charge is 2.08. The molecule has 0 aromatic heterocycles. The molecule has 1 aromatic rings. The second-order valence-corrected chi connectivity index (χ2v) is 4.19. The number of hydrogen-bond acceptors (Lipinski definition) is 4. The number of carbonyl (C=O) groups is 1. The van der Waals surface area contributed by atoms with E-state index >= 15 is 0 Å². The number of methoxy groups -OCH3 is 1. The van der Waals surface area contributed by atoms with E-state index in [9.17, 15) is 4.79 Å². The molecule has 0 aliphatic heterocycles. The smallest absolute Gasteiger partial charge is 0.337 e. The van der Waals surface area contributed by atoms with E-state index in [1.807, 2.05) is 6.07 Å². The second-order valence-electron chi connectivity index (χ2n) is 4.19. The molecule has 4 heteroatoms. The van der Waals surface area contributed by atoms with Crippen LogP contribution in [0.15, 0.2) is 18.2 Å². The Morgan fingerprint density at radius 1 is 1.53 bits per heavy atom. The summed E-state index contributed by atoms with van der Waals surface area (Å²) in [5, 5.41) is 3.27. The number of carbonyl (C=O) groups excluding carboxylic acids is 1. The Bertz CT molecular complexity index is 391. The molecule has 0 saturated carbocycles. The van der Waals surface area contributed by atoms with Gasteiger partial charge in [0.1, 0.15) is 0 Å². The summed E-state index contributed by atoms with van der Waals surface area (Å²) in [7, 11) is 1.35. The molecule has 94 valence electrons. The summed E-state index contributed by atoms with van der Waals surface area (Å²) < 4.78 is 4.63. The standard InChI is InChI=1S/C13H20N2O2/c1-4-9(2)8-15-12-6-5-10(7-11(12)14)13(16)17-3/h5-7,9,15H,4,8,14H2,1-3H3. The van der Waals surface area contributed by atoms with E-state index in [0.29, 0.717) is 17.2 Å². The van der Waals surface area contributed by atoms with Crippen molar-refractivity contribution in [2.24, 2.45) is 5.92 Å². The second kappa shape index (κ2) is 6.13. The normalized spacial score (nSPS) is 11.9. The number of benzene rings is 1. The molecule has 0 radical (unpaired) electrons. The lowest BCUT2D eigenvalue weighted by molar-refractivity contribution is 0.0601. The molecule has 0 bridgehead atoms. The zero-order valence-corrected chi connectivity index (χ0v) is 10.6. The number of nitrogens with one attached hydrogen (secondary N) is 1. The van der Waals surface area contributed by atoms with Crippen LogP contribution in [0.5, 0.6) is 0 Å². The minimum atomic E-state index is -0.370. The van der Waals surface area contributed by atoms with Gasteiger partial charge in [0, 0.05) is 6.54 Å². The maximum Gasteiger partial charge on any atom is 0.337 e. The van der Waals surface area contributed by atoms with Gasteiger partial charge in [0.05, 0.1) is 24.0 Å². The van der Waals surface area contributed by atoms with Crippen LogP contribution in [-0.4, -0.2) is 19.6 Å². The van der Waals surface area contributed by atoms with E-state index in [-0.39, 0.29) is 5.97 Å². The first-order chi connectivity index (χ1) is 8.08. The van der Waals surface area contributed by atoms with Gasteiger partial charge in [-0.15, -0.1) is 0 Å². The predicted octanol–water partition coefficient (Wildman–Crippen LogP) is 2.51. The van der Waals surface area contributed by atoms with Crippen LogP contribution < -0.4 is 11.1 Å². The van der Waals surface area contributed by atoms with Crippen LogP contribution in [0.1, 0.15) is 30.6 Å². The monoisotopic (exact) mass is 236 g/mol. The van der Waals surface area contributed by atoms with Crippen LogP contribution >= 0.6 is 0 Å². The molecule has 0 saturated heterocycles. The fourth-order valence-corrected chi connectivity index (χ4v) is 1.40. The van der Waals surface area contributed by atoms with Crippen molar-refractivity contribution in [2.75, 3.05) is 24.7 Å². The Labute approximate surface area is 102 Å².